The van der Waals surface area contributed by atoms with Gasteiger partial charge in [-0.3, -0.25) is 9.88 Å². The van der Waals surface area contributed by atoms with Crippen molar-refractivity contribution in [3.05, 3.63) is 48.4 Å². The standard InChI is InChI=1S/C24H27FN8/c25-19-13-16(6-8-27-23-21-24(29-14-28-21)31-15-30-23)22(20-18(19)5-2-7-26-20)33-11-9-32(10-12-33)17-3-1-4-17/h2,5,7,13-15,17H,1,3-4,6,8-12H2,(H2,27,28,29,30,31). The van der Waals surface area contributed by atoms with Gasteiger partial charge in [0, 0.05) is 50.3 Å². The molecule has 0 atom stereocenters. The van der Waals surface area contributed by atoms with E-state index in [0.29, 0.717) is 29.8 Å². The van der Waals surface area contributed by atoms with Crippen LogP contribution < -0.4 is 10.2 Å². The van der Waals surface area contributed by atoms with E-state index in [2.05, 4.69) is 40.0 Å². The van der Waals surface area contributed by atoms with E-state index in [0.717, 1.165) is 54.5 Å². The SMILES string of the molecule is Fc1cc(CCNc2ncnc3nc[nH]c23)c(N2CCN(C3CCC3)CC2)c2ncccc12. The lowest BCUT2D eigenvalue weighted by atomic mass is 9.91. The number of nitrogens with one attached hydrogen (secondary N) is 2. The average molecular weight is 447 g/mol. The molecule has 0 spiro atoms. The number of aromatic amines is 1. The largest absolute Gasteiger partial charge is 0.368 e. The quantitative estimate of drug-likeness (QED) is 0.470. The summed E-state index contributed by atoms with van der Waals surface area (Å²) in [6, 6.07) is 6.07. The highest BCUT2D eigenvalue weighted by Gasteiger charge is 2.29. The molecule has 9 heteroatoms. The normalized spacial score (nSPS) is 17.5. The Bertz CT molecular complexity index is 1280. The van der Waals surface area contributed by atoms with E-state index in [1.807, 2.05) is 6.07 Å². The Morgan fingerprint density at radius 2 is 1.97 bits per heavy atom. The van der Waals surface area contributed by atoms with Crippen molar-refractivity contribution in [3.8, 4) is 0 Å². The summed E-state index contributed by atoms with van der Waals surface area (Å²) in [5, 5.41) is 3.95. The molecule has 0 unspecified atom stereocenters. The van der Waals surface area contributed by atoms with Crippen LogP contribution in [-0.2, 0) is 6.42 Å². The Hall–Kier alpha value is -3.33. The summed E-state index contributed by atoms with van der Waals surface area (Å²) in [4.78, 5) is 25.4. The number of halogens is 1. The van der Waals surface area contributed by atoms with Gasteiger partial charge in [0.1, 0.15) is 17.7 Å². The number of imidazole rings is 1. The number of piperazine rings is 1. The minimum atomic E-state index is -0.219. The smallest absolute Gasteiger partial charge is 0.182 e. The third-order valence-electron chi connectivity index (χ3n) is 7.03. The third kappa shape index (κ3) is 3.76. The highest BCUT2D eigenvalue weighted by molar-refractivity contribution is 5.93. The van der Waals surface area contributed by atoms with E-state index >= 15 is 4.39 Å². The second-order valence-corrected chi connectivity index (χ2v) is 8.87. The van der Waals surface area contributed by atoms with Crippen LogP contribution in [0.15, 0.2) is 37.1 Å². The minimum Gasteiger partial charge on any atom is -0.368 e. The fourth-order valence-corrected chi connectivity index (χ4v) is 5.06. The summed E-state index contributed by atoms with van der Waals surface area (Å²) < 4.78 is 15.0. The molecular formula is C24H27FN8. The van der Waals surface area contributed by atoms with Crippen molar-refractivity contribution >= 4 is 33.6 Å². The summed E-state index contributed by atoms with van der Waals surface area (Å²) >= 11 is 0. The van der Waals surface area contributed by atoms with Gasteiger partial charge in [0.25, 0.3) is 0 Å². The molecule has 170 valence electrons. The van der Waals surface area contributed by atoms with Crippen LogP contribution in [0.3, 0.4) is 0 Å². The van der Waals surface area contributed by atoms with E-state index in [9.17, 15) is 0 Å². The molecule has 4 heterocycles. The molecule has 2 aliphatic rings. The van der Waals surface area contributed by atoms with Gasteiger partial charge < -0.3 is 15.2 Å². The number of pyridine rings is 1. The molecule has 1 saturated heterocycles. The molecule has 1 aliphatic carbocycles. The van der Waals surface area contributed by atoms with Gasteiger partial charge in [-0.05, 0) is 43.0 Å². The average Bonchev–Trinajstić information content (AvgIpc) is 3.29. The zero-order valence-corrected chi connectivity index (χ0v) is 18.5. The van der Waals surface area contributed by atoms with Gasteiger partial charge in [-0.1, -0.05) is 6.42 Å². The molecule has 1 aliphatic heterocycles. The molecule has 8 nitrogen and oxygen atoms in total. The zero-order valence-electron chi connectivity index (χ0n) is 18.5. The maximum Gasteiger partial charge on any atom is 0.182 e. The number of rotatable bonds is 6. The predicted molar refractivity (Wildman–Crippen MR) is 127 cm³/mol. The Labute approximate surface area is 191 Å². The maximum absolute atomic E-state index is 15.0. The molecule has 2 N–H and O–H groups in total. The first-order valence-corrected chi connectivity index (χ1v) is 11.7. The molecule has 2 fully saturated rings. The number of benzene rings is 1. The van der Waals surface area contributed by atoms with Crippen LogP contribution in [0.1, 0.15) is 24.8 Å². The second kappa shape index (κ2) is 8.55. The fraction of sp³-hybridized carbons (Fsp3) is 0.417. The molecule has 4 aromatic rings. The van der Waals surface area contributed by atoms with Crippen molar-refractivity contribution < 1.29 is 4.39 Å². The first kappa shape index (κ1) is 20.3. The maximum atomic E-state index is 15.0. The molecule has 0 bridgehead atoms. The fourth-order valence-electron chi connectivity index (χ4n) is 5.06. The molecule has 0 amide bonds. The Morgan fingerprint density at radius 1 is 1.09 bits per heavy atom. The van der Waals surface area contributed by atoms with Crippen LogP contribution in [-0.4, -0.2) is 68.6 Å². The molecule has 1 aromatic carbocycles. The van der Waals surface area contributed by atoms with Gasteiger partial charge in [0.15, 0.2) is 11.5 Å². The summed E-state index contributed by atoms with van der Waals surface area (Å²) in [5.41, 5.74) is 4.19. The highest BCUT2D eigenvalue weighted by atomic mass is 19.1. The van der Waals surface area contributed by atoms with Crippen molar-refractivity contribution in [1.29, 1.82) is 0 Å². The number of anilines is 2. The highest BCUT2D eigenvalue weighted by Crippen LogP contribution is 2.34. The van der Waals surface area contributed by atoms with E-state index in [4.69, 9.17) is 0 Å². The number of hydrogen-bond acceptors (Lipinski definition) is 7. The third-order valence-corrected chi connectivity index (χ3v) is 7.03. The van der Waals surface area contributed by atoms with E-state index in [1.54, 1.807) is 24.7 Å². The summed E-state index contributed by atoms with van der Waals surface area (Å²) in [6.45, 7) is 4.58. The molecule has 0 radical (unpaired) electrons. The van der Waals surface area contributed by atoms with Crippen molar-refractivity contribution in [2.45, 2.75) is 31.7 Å². The second-order valence-electron chi connectivity index (χ2n) is 8.87. The number of nitrogens with zero attached hydrogens (tertiary/aromatic N) is 6. The summed E-state index contributed by atoms with van der Waals surface area (Å²) in [6.07, 6.45) is 9.52. The Morgan fingerprint density at radius 3 is 2.79 bits per heavy atom. The lowest BCUT2D eigenvalue weighted by molar-refractivity contribution is 0.120. The zero-order chi connectivity index (χ0) is 22.2. The van der Waals surface area contributed by atoms with E-state index in [-0.39, 0.29) is 5.82 Å². The van der Waals surface area contributed by atoms with Gasteiger partial charge in [0.2, 0.25) is 0 Å². The van der Waals surface area contributed by atoms with Crippen molar-refractivity contribution in [2.24, 2.45) is 0 Å². The minimum absolute atomic E-state index is 0.219. The number of aromatic nitrogens is 5. The first-order chi connectivity index (χ1) is 16.3. The lowest BCUT2D eigenvalue weighted by Crippen LogP contribution is -2.52. The lowest BCUT2D eigenvalue weighted by Gasteiger charge is -2.44. The molecule has 3 aromatic heterocycles. The van der Waals surface area contributed by atoms with Crippen LogP contribution in [0.2, 0.25) is 0 Å². The van der Waals surface area contributed by atoms with Gasteiger partial charge in [-0.2, -0.15) is 0 Å². The van der Waals surface area contributed by atoms with Gasteiger partial charge in [0.05, 0.1) is 17.5 Å². The van der Waals surface area contributed by atoms with Crippen LogP contribution in [0, 0.1) is 5.82 Å². The first-order valence-electron chi connectivity index (χ1n) is 11.7. The van der Waals surface area contributed by atoms with Crippen LogP contribution in [0.25, 0.3) is 22.1 Å². The molecule has 1 saturated carbocycles. The van der Waals surface area contributed by atoms with Crippen molar-refractivity contribution in [1.82, 2.24) is 29.8 Å². The Balaban J connectivity index is 1.26. The Kier molecular flexibility index (Phi) is 5.26. The summed E-state index contributed by atoms with van der Waals surface area (Å²) in [5.74, 6) is 0.482. The van der Waals surface area contributed by atoms with Crippen molar-refractivity contribution in [2.75, 3.05) is 42.9 Å². The molecule has 6 rings (SSSR count). The number of H-pyrrole nitrogens is 1. The van der Waals surface area contributed by atoms with Gasteiger partial charge in [-0.25, -0.2) is 19.3 Å². The van der Waals surface area contributed by atoms with Gasteiger partial charge >= 0.3 is 0 Å². The number of fused-ring (bicyclic) bond motifs is 2. The van der Waals surface area contributed by atoms with Crippen molar-refractivity contribution in [3.63, 3.8) is 0 Å². The molecule has 33 heavy (non-hydrogen) atoms. The van der Waals surface area contributed by atoms with Gasteiger partial charge in [-0.15, -0.1) is 0 Å². The van der Waals surface area contributed by atoms with Crippen LogP contribution in [0.4, 0.5) is 15.9 Å². The predicted octanol–water partition coefficient (Wildman–Crippen LogP) is 3.37. The van der Waals surface area contributed by atoms with Crippen LogP contribution in [0.5, 0.6) is 0 Å². The van der Waals surface area contributed by atoms with Crippen LogP contribution >= 0.6 is 0 Å². The van der Waals surface area contributed by atoms with E-state index < -0.39 is 0 Å². The topological polar surface area (TPSA) is 85.9 Å². The number of hydrogen-bond donors (Lipinski definition) is 2. The molecular weight excluding hydrogens is 419 g/mol. The van der Waals surface area contributed by atoms with E-state index in [1.165, 1.54) is 25.6 Å². The monoisotopic (exact) mass is 446 g/mol. The summed E-state index contributed by atoms with van der Waals surface area (Å²) in [7, 11) is 0.